The predicted octanol–water partition coefficient (Wildman–Crippen LogP) is 2.84. The van der Waals surface area contributed by atoms with Crippen LogP contribution in [-0.4, -0.2) is 30.0 Å². The molecule has 0 heterocycles. The molecular formula is C14H18FNO3S. The van der Waals surface area contributed by atoms with Crippen molar-refractivity contribution in [1.29, 1.82) is 0 Å². The molecule has 1 N–H and O–H groups in total. The van der Waals surface area contributed by atoms with Gasteiger partial charge in [0.2, 0.25) is 5.91 Å². The van der Waals surface area contributed by atoms with Crippen molar-refractivity contribution in [1.82, 2.24) is 0 Å². The highest BCUT2D eigenvalue weighted by Crippen LogP contribution is 2.16. The van der Waals surface area contributed by atoms with E-state index in [1.807, 2.05) is 6.92 Å². The van der Waals surface area contributed by atoms with Gasteiger partial charge in [0.05, 0.1) is 13.5 Å². The Bertz CT molecular complexity index is 467. The first-order valence-corrected chi connectivity index (χ1v) is 7.30. The minimum absolute atomic E-state index is 0.101. The zero-order valence-corrected chi connectivity index (χ0v) is 12.3. The van der Waals surface area contributed by atoms with Crippen molar-refractivity contribution >= 4 is 29.3 Å². The van der Waals surface area contributed by atoms with Crippen LogP contribution < -0.4 is 5.32 Å². The van der Waals surface area contributed by atoms with Gasteiger partial charge in [0.15, 0.2) is 0 Å². The molecule has 20 heavy (non-hydrogen) atoms. The molecule has 0 spiro atoms. The van der Waals surface area contributed by atoms with Gasteiger partial charge >= 0.3 is 5.97 Å². The van der Waals surface area contributed by atoms with Gasteiger partial charge in [0, 0.05) is 23.1 Å². The van der Waals surface area contributed by atoms with E-state index in [9.17, 15) is 14.0 Å². The number of halogens is 1. The van der Waals surface area contributed by atoms with Crippen molar-refractivity contribution in [2.45, 2.75) is 25.0 Å². The molecule has 0 bridgehead atoms. The van der Waals surface area contributed by atoms with Crippen LogP contribution in [0.4, 0.5) is 10.1 Å². The number of ether oxygens (including phenoxy) is 1. The highest BCUT2D eigenvalue weighted by Gasteiger charge is 2.10. The third kappa shape index (κ3) is 6.56. The van der Waals surface area contributed by atoms with Crippen LogP contribution in [0.1, 0.15) is 19.8 Å². The molecule has 110 valence electrons. The highest BCUT2D eigenvalue weighted by atomic mass is 32.2. The summed E-state index contributed by atoms with van der Waals surface area (Å²) >= 11 is 1.53. The lowest BCUT2D eigenvalue weighted by Gasteiger charge is -2.09. The van der Waals surface area contributed by atoms with Crippen molar-refractivity contribution in [3.63, 3.8) is 0 Å². The summed E-state index contributed by atoms with van der Waals surface area (Å²) in [6.07, 6.45) is 0.638. The number of methoxy groups -OCH3 is 1. The Balaban J connectivity index is 2.25. The fraction of sp³-hybridized carbons (Fsp3) is 0.429. The Morgan fingerprint density at radius 2 is 2.20 bits per heavy atom. The maximum atomic E-state index is 12.9. The van der Waals surface area contributed by atoms with Crippen LogP contribution in [0.25, 0.3) is 0 Å². The maximum absolute atomic E-state index is 12.9. The molecular weight excluding hydrogens is 281 g/mol. The second kappa shape index (κ2) is 8.58. The zero-order chi connectivity index (χ0) is 15.0. The number of hydrogen-bond donors (Lipinski definition) is 1. The molecule has 0 saturated carbocycles. The smallest absolute Gasteiger partial charge is 0.306 e. The quantitative estimate of drug-likeness (QED) is 0.787. The van der Waals surface area contributed by atoms with Crippen molar-refractivity contribution in [3.05, 3.63) is 30.1 Å². The molecule has 1 amide bonds. The van der Waals surface area contributed by atoms with Gasteiger partial charge in [-0.15, -0.1) is 0 Å². The lowest BCUT2D eigenvalue weighted by Crippen LogP contribution is -2.14. The summed E-state index contributed by atoms with van der Waals surface area (Å²) in [6.45, 7) is 1.91. The van der Waals surface area contributed by atoms with E-state index in [0.717, 1.165) is 0 Å². The Kier molecular flexibility index (Phi) is 7.08. The summed E-state index contributed by atoms with van der Waals surface area (Å²) in [6, 6.07) is 5.76. The molecule has 0 aliphatic rings. The number of carbonyl (C=O) groups is 2. The van der Waals surface area contributed by atoms with E-state index in [1.165, 1.54) is 37.1 Å². The van der Waals surface area contributed by atoms with Gasteiger partial charge in [-0.05, 0) is 18.2 Å². The Hall–Kier alpha value is -1.56. The van der Waals surface area contributed by atoms with E-state index < -0.39 is 0 Å². The largest absolute Gasteiger partial charge is 0.469 e. The fourth-order valence-electron chi connectivity index (χ4n) is 1.52. The molecule has 0 aliphatic carbocycles. The predicted molar refractivity (Wildman–Crippen MR) is 78.2 cm³/mol. The summed E-state index contributed by atoms with van der Waals surface area (Å²) in [5.41, 5.74) is 0.447. The standard InChI is InChI=1S/C14H18FNO3S/c1-10(8-14(18)19-2)20-7-6-13(17)16-12-5-3-4-11(15)9-12/h3-5,9-10H,6-8H2,1-2H3,(H,16,17). The van der Waals surface area contributed by atoms with Gasteiger partial charge in [0.25, 0.3) is 0 Å². The summed E-state index contributed by atoms with van der Waals surface area (Å²) in [4.78, 5) is 22.7. The van der Waals surface area contributed by atoms with Crippen LogP contribution in [0.5, 0.6) is 0 Å². The first kappa shape index (κ1) is 16.5. The van der Waals surface area contributed by atoms with E-state index >= 15 is 0 Å². The fourth-order valence-corrected chi connectivity index (χ4v) is 2.48. The van der Waals surface area contributed by atoms with Gasteiger partial charge in [-0.3, -0.25) is 9.59 Å². The lowest BCUT2D eigenvalue weighted by atomic mass is 10.3. The summed E-state index contributed by atoms with van der Waals surface area (Å²) < 4.78 is 17.5. The molecule has 1 atom stereocenters. The van der Waals surface area contributed by atoms with Crippen LogP contribution in [0, 0.1) is 5.82 Å². The number of thioether (sulfide) groups is 1. The number of benzene rings is 1. The van der Waals surface area contributed by atoms with Crippen molar-refractivity contribution in [3.8, 4) is 0 Å². The molecule has 1 rings (SSSR count). The minimum atomic E-state index is -0.385. The van der Waals surface area contributed by atoms with E-state index in [0.29, 0.717) is 24.3 Å². The third-order valence-corrected chi connectivity index (χ3v) is 3.70. The molecule has 6 heteroatoms. The Morgan fingerprint density at radius 1 is 1.45 bits per heavy atom. The van der Waals surface area contributed by atoms with Gasteiger partial charge in [-0.1, -0.05) is 13.0 Å². The van der Waals surface area contributed by atoms with Gasteiger partial charge in [-0.2, -0.15) is 11.8 Å². The average molecular weight is 299 g/mol. The van der Waals surface area contributed by atoms with Gasteiger partial charge in [0.1, 0.15) is 5.82 Å². The van der Waals surface area contributed by atoms with E-state index in [1.54, 1.807) is 6.07 Å². The monoisotopic (exact) mass is 299 g/mol. The van der Waals surface area contributed by atoms with Crippen LogP contribution >= 0.6 is 11.8 Å². The average Bonchev–Trinajstić information content (AvgIpc) is 2.38. The SMILES string of the molecule is COC(=O)CC(C)SCCC(=O)Nc1cccc(F)c1. The van der Waals surface area contributed by atoms with E-state index in [2.05, 4.69) is 10.1 Å². The van der Waals surface area contributed by atoms with Gasteiger partial charge in [-0.25, -0.2) is 4.39 Å². The van der Waals surface area contributed by atoms with Gasteiger partial charge < -0.3 is 10.1 Å². The molecule has 1 aromatic rings. The Morgan fingerprint density at radius 3 is 2.85 bits per heavy atom. The second-order valence-corrected chi connectivity index (χ2v) is 5.82. The number of amides is 1. The van der Waals surface area contributed by atoms with E-state index in [4.69, 9.17) is 0 Å². The van der Waals surface area contributed by atoms with Crippen LogP contribution in [0.3, 0.4) is 0 Å². The van der Waals surface area contributed by atoms with Crippen LogP contribution in [0.2, 0.25) is 0 Å². The van der Waals surface area contributed by atoms with Crippen molar-refractivity contribution < 1.29 is 18.7 Å². The molecule has 0 aromatic heterocycles. The molecule has 1 unspecified atom stereocenters. The second-order valence-electron chi connectivity index (χ2n) is 4.27. The Labute approximate surface area is 122 Å². The van der Waals surface area contributed by atoms with Crippen molar-refractivity contribution in [2.75, 3.05) is 18.2 Å². The molecule has 1 aromatic carbocycles. The normalized spacial score (nSPS) is 11.8. The maximum Gasteiger partial charge on any atom is 0.306 e. The first-order valence-electron chi connectivity index (χ1n) is 6.25. The summed E-state index contributed by atoms with van der Waals surface area (Å²) in [5.74, 6) is -0.217. The third-order valence-electron chi connectivity index (χ3n) is 2.52. The highest BCUT2D eigenvalue weighted by molar-refractivity contribution is 7.99. The molecule has 4 nitrogen and oxygen atoms in total. The number of esters is 1. The zero-order valence-electron chi connectivity index (χ0n) is 11.5. The lowest BCUT2D eigenvalue weighted by molar-refractivity contribution is -0.140. The van der Waals surface area contributed by atoms with E-state index in [-0.39, 0.29) is 22.9 Å². The number of anilines is 1. The number of nitrogens with one attached hydrogen (secondary N) is 1. The summed E-state index contributed by atoms with van der Waals surface area (Å²) in [7, 11) is 1.35. The number of rotatable bonds is 7. The molecule has 0 aliphatic heterocycles. The molecule has 0 saturated heterocycles. The minimum Gasteiger partial charge on any atom is -0.469 e. The number of carbonyl (C=O) groups excluding carboxylic acids is 2. The number of hydrogen-bond acceptors (Lipinski definition) is 4. The topological polar surface area (TPSA) is 55.4 Å². The molecule has 0 radical (unpaired) electrons. The van der Waals surface area contributed by atoms with Crippen LogP contribution in [0.15, 0.2) is 24.3 Å². The van der Waals surface area contributed by atoms with Crippen molar-refractivity contribution in [2.24, 2.45) is 0 Å². The first-order chi connectivity index (χ1) is 9.51. The van der Waals surface area contributed by atoms with Crippen LogP contribution in [-0.2, 0) is 14.3 Å². The summed E-state index contributed by atoms with van der Waals surface area (Å²) in [5, 5.41) is 2.73. The molecule has 0 fully saturated rings.